The summed E-state index contributed by atoms with van der Waals surface area (Å²) in [5, 5.41) is 8.73. The van der Waals surface area contributed by atoms with E-state index in [9.17, 15) is 13.2 Å². The first-order valence-electron chi connectivity index (χ1n) is 4.70. The Hall–Kier alpha value is -0.620. The van der Waals surface area contributed by atoms with Gasteiger partial charge < -0.3 is 5.11 Å². The highest BCUT2D eigenvalue weighted by Gasteiger charge is 2.28. The molecule has 0 aliphatic heterocycles. The Balaban J connectivity index is 2.19. The second kappa shape index (κ2) is 5.31. The molecular formula is C8H15NO4S. The van der Waals surface area contributed by atoms with Gasteiger partial charge in [0, 0.05) is 6.54 Å². The van der Waals surface area contributed by atoms with Gasteiger partial charge in [-0.1, -0.05) is 0 Å². The van der Waals surface area contributed by atoms with Crippen molar-refractivity contribution in [3.8, 4) is 0 Å². The molecular weight excluding hydrogens is 206 g/mol. The van der Waals surface area contributed by atoms with E-state index < -0.39 is 16.9 Å². The molecule has 0 amide bonds. The van der Waals surface area contributed by atoms with Crippen molar-refractivity contribution < 1.29 is 18.3 Å². The Labute approximate surface area is 84.6 Å². The van der Waals surface area contributed by atoms with Gasteiger partial charge in [0.2, 0.25) is 10.9 Å². The van der Waals surface area contributed by atoms with Gasteiger partial charge in [0.25, 0.3) is 0 Å². The summed E-state index contributed by atoms with van der Waals surface area (Å²) in [5.41, 5.74) is 0. The van der Waals surface area contributed by atoms with Crippen molar-refractivity contribution in [2.24, 2.45) is 11.8 Å². The minimum absolute atomic E-state index is 0.221. The lowest BCUT2D eigenvalue weighted by molar-refractivity contribution is -0.141. The van der Waals surface area contributed by atoms with E-state index in [1.165, 1.54) is 0 Å². The van der Waals surface area contributed by atoms with Gasteiger partial charge in [-0.05, 0) is 31.6 Å². The largest absolute Gasteiger partial charge is 0.481 e. The minimum atomic E-state index is -2.51. The van der Waals surface area contributed by atoms with Crippen molar-refractivity contribution in [3.05, 3.63) is 0 Å². The maximum Gasteiger partial charge on any atom is 0.306 e. The highest BCUT2D eigenvalue weighted by molar-refractivity contribution is 7.70. The topological polar surface area (TPSA) is 83.5 Å². The summed E-state index contributed by atoms with van der Waals surface area (Å²) in [7, 11) is -2.51. The fourth-order valence-corrected chi connectivity index (χ4v) is 2.23. The lowest BCUT2D eigenvalue weighted by Crippen LogP contribution is -2.16. The van der Waals surface area contributed by atoms with Gasteiger partial charge in [0.05, 0.1) is 5.92 Å². The van der Waals surface area contributed by atoms with Crippen LogP contribution in [0.25, 0.3) is 0 Å². The average molecular weight is 221 g/mol. The molecule has 0 heterocycles. The predicted octanol–water partition coefficient (Wildman–Crippen LogP) is -0.00660. The first kappa shape index (κ1) is 11.5. The molecule has 1 aliphatic carbocycles. The highest BCUT2D eigenvalue weighted by atomic mass is 32.2. The molecule has 1 rings (SSSR count). The van der Waals surface area contributed by atoms with E-state index in [1.54, 1.807) is 0 Å². The van der Waals surface area contributed by atoms with Crippen LogP contribution in [-0.2, 0) is 15.7 Å². The number of carboxylic acids is 1. The van der Waals surface area contributed by atoms with Crippen molar-refractivity contribution >= 4 is 16.9 Å². The van der Waals surface area contributed by atoms with E-state index >= 15 is 0 Å². The molecule has 0 aromatic rings. The van der Waals surface area contributed by atoms with Crippen LogP contribution in [0.15, 0.2) is 0 Å². The Morgan fingerprint density at radius 1 is 1.43 bits per heavy atom. The third-order valence-corrected chi connectivity index (χ3v) is 3.17. The SMILES string of the molecule is O=C(O)C1CCC(CCN[SH](=O)=O)C1. The molecule has 0 aromatic heterocycles. The molecule has 14 heavy (non-hydrogen) atoms. The third-order valence-electron chi connectivity index (χ3n) is 2.68. The summed E-state index contributed by atoms with van der Waals surface area (Å²) >= 11 is 0. The van der Waals surface area contributed by atoms with Gasteiger partial charge in [0.15, 0.2) is 0 Å². The van der Waals surface area contributed by atoms with Crippen LogP contribution < -0.4 is 4.72 Å². The number of rotatable bonds is 5. The van der Waals surface area contributed by atoms with E-state index in [0.717, 1.165) is 19.3 Å². The van der Waals surface area contributed by atoms with E-state index in [1.807, 2.05) is 0 Å². The zero-order chi connectivity index (χ0) is 10.6. The summed E-state index contributed by atoms with van der Waals surface area (Å²) in [6.07, 6.45) is 3.05. The van der Waals surface area contributed by atoms with Gasteiger partial charge >= 0.3 is 5.97 Å². The van der Waals surface area contributed by atoms with Gasteiger partial charge in [0.1, 0.15) is 0 Å². The monoisotopic (exact) mass is 221 g/mol. The molecule has 0 bridgehead atoms. The summed E-state index contributed by atoms with van der Waals surface area (Å²) in [6, 6.07) is 0. The number of thiol groups is 1. The Bertz CT molecular complexity index is 269. The van der Waals surface area contributed by atoms with Gasteiger partial charge in [-0.25, -0.2) is 13.1 Å². The summed E-state index contributed by atoms with van der Waals surface area (Å²) < 4.78 is 22.7. The lowest BCUT2D eigenvalue weighted by Gasteiger charge is -2.07. The van der Waals surface area contributed by atoms with Crippen LogP contribution >= 0.6 is 0 Å². The van der Waals surface area contributed by atoms with Crippen molar-refractivity contribution in [1.29, 1.82) is 0 Å². The van der Waals surface area contributed by atoms with E-state index in [4.69, 9.17) is 5.11 Å². The van der Waals surface area contributed by atoms with Crippen LogP contribution in [0.2, 0.25) is 0 Å². The predicted molar refractivity (Wildman–Crippen MR) is 51.4 cm³/mol. The molecule has 2 unspecified atom stereocenters. The van der Waals surface area contributed by atoms with E-state index in [-0.39, 0.29) is 5.92 Å². The number of carboxylic acid groups (broad SMARTS) is 1. The number of nitrogens with one attached hydrogen (secondary N) is 1. The molecule has 2 N–H and O–H groups in total. The molecule has 1 saturated carbocycles. The molecule has 6 heteroatoms. The third kappa shape index (κ3) is 3.63. The second-order valence-electron chi connectivity index (χ2n) is 3.67. The normalized spacial score (nSPS) is 26.9. The van der Waals surface area contributed by atoms with Crippen LogP contribution in [0.3, 0.4) is 0 Å². The first-order chi connectivity index (χ1) is 6.59. The zero-order valence-electron chi connectivity index (χ0n) is 7.81. The highest BCUT2D eigenvalue weighted by Crippen LogP contribution is 2.32. The number of hydrogen-bond donors (Lipinski definition) is 3. The second-order valence-corrected chi connectivity index (χ2v) is 4.50. The quantitative estimate of drug-likeness (QED) is 0.570. The summed E-state index contributed by atoms with van der Waals surface area (Å²) in [4.78, 5) is 10.6. The Morgan fingerprint density at radius 3 is 2.64 bits per heavy atom. The standard InChI is InChI=1S/C8H15NO4S/c10-8(11)7-2-1-6(5-7)3-4-9-14(12)13/h6-7,14H,1-5H2,(H,10,11)(H,9,12,13). The molecule has 82 valence electrons. The Kier molecular flexibility index (Phi) is 4.34. The Morgan fingerprint density at radius 2 is 2.14 bits per heavy atom. The maximum absolute atomic E-state index is 10.6. The smallest absolute Gasteiger partial charge is 0.306 e. The van der Waals surface area contributed by atoms with Crippen molar-refractivity contribution in [1.82, 2.24) is 4.72 Å². The molecule has 0 saturated heterocycles. The van der Waals surface area contributed by atoms with Crippen molar-refractivity contribution in [3.63, 3.8) is 0 Å². The van der Waals surface area contributed by atoms with E-state index in [2.05, 4.69) is 4.72 Å². The maximum atomic E-state index is 10.6. The lowest BCUT2D eigenvalue weighted by atomic mass is 10.0. The van der Waals surface area contributed by atoms with Crippen LogP contribution in [0.1, 0.15) is 25.7 Å². The van der Waals surface area contributed by atoms with Crippen molar-refractivity contribution in [2.75, 3.05) is 6.54 Å². The van der Waals surface area contributed by atoms with Gasteiger partial charge in [-0.15, -0.1) is 0 Å². The molecule has 0 radical (unpaired) electrons. The van der Waals surface area contributed by atoms with Crippen molar-refractivity contribution in [2.45, 2.75) is 25.7 Å². The molecule has 0 aromatic carbocycles. The van der Waals surface area contributed by atoms with E-state index in [0.29, 0.717) is 18.9 Å². The zero-order valence-corrected chi connectivity index (χ0v) is 8.70. The molecule has 1 fully saturated rings. The van der Waals surface area contributed by atoms with Crippen LogP contribution in [0.4, 0.5) is 0 Å². The molecule has 1 aliphatic rings. The van der Waals surface area contributed by atoms with Crippen LogP contribution in [0, 0.1) is 11.8 Å². The average Bonchev–Trinajstić information content (AvgIpc) is 2.52. The first-order valence-corrected chi connectivity index (χ1v) is 5.88. The van der Waals surface area contributed by atoms with Gasteiger partial charge in [-0.3, -0.25) is 4.79 Å². The van der Waals surface area contributed by atoms with Gasteiger partial charge in [-0.2, -0.15) is 0 Å². The molecule has 0 spiro atoms. The van der Waals surface area contributed by atoms with Crippen LogP contribution in [0.5, 0.6) is 0 Å². The number of aliphatic carboxylic acids is 1. The fraction of sp³-hybridized carbons (Fsp3) is 0.875. The number of carbonyl (C=O) groups is 1. The fourth-order valence-electron chi connectivity index (χ4n) is 1.92. The summed E-state index contributed by atoms with van der Waals surface area (Å²) in [5.74, 6) is -0.588. The number of hydrogen-bond acceptors (Lipinski definition) is 3. The molecule has 2 atom stereocenters. The minimum Gasteiger partial charge on any atom is -0.481 e. The van der Waals surface area contributed by atoms with Crippen LogP contribution in [-0.4, -0.2) is 26.0 Å². The molecule has 5 nitrogen and oxygen atoms in total. The summed E-state index contributed by atoms with van der Waals surface area (Å²) in [6.45, 7) is 0.426.